The Morgan fingerprint density at radius 2 is 2.07 bits per heavy atom. The number of anilines is 1. The number of hydrogen-bond acceptors (Lipinski definition) is 3. The Morgan fingerprint density at radius 3 is 2.67 bits per heavy atom. The highest BCUT2D eigenvalue weighted by atomic mass is 32.2. The summed E-state index contributed by atoms with van der Waals surface area (Å²) in [4.78, 5) is 11.6. The van der Waals surface area contributed by atoms with Crippen LogP contribution in [-0.4, -0.2) is 24.5 Å². The van der Waals surface area contributed by atoms with E-state index in [9.17, 15) is 4.79 Å². The molecule has 1 amide bonds. The topological polar surface area (TPSA) is 55.1 Å². The zero-order valence-electron chi connectivity index (χ0n) is 8.82. The molecule has 0 atom stereocenters. The number of nitrogen functional groups attached to an aromatic ring is 1. The SMILES string of the molecule is CSCCCNC(=O)c1ccc(N)cc1. The highest BCUT2D eigenvalue weighted by molar-refractivity contribution is 7.98. The molecule has 0 aliphatic heterocycles. The summed E-state index contributed by atoms with van der Waals surface area (Å²) in [5.74, 6) is 1.04. The molecule has 15 heavy (non-hydrogen) atoms. The lowest BCUT2D eigenvalue weighted by atomic mass is 10.2. The first-order chi connectivity index (χ1) is 7.24. The van der Waals surface area contributed by atoms with E-state index in [0.29, 0.717) is 11.3 Å². The zero-order chi connectivity index (χ0) is 11.1. The average molecular weight is 224 g/mol. The van der Waals surface area contributed by atoms with Gasteiger partial charge in [-0.05, 0) is 42.7 Å². The van der Waals surface area contributed by atoms with Gasteiger partial charge in [0.1, 0.15) is 0 Å². The normalized spacial score (nSPS) is 9.93. The summed E-state index contributed by atoms with van der Waals surface area (Å²) >= 11 is 1.78. The molecule has 0 radical (unpaired) electrons. The first-order valence-electron chi connectivity index (χ1n) is 4.86. The molecule has 3 nitrogen and oxygen atoms in total. The molecule has 0 saturated carbocycles. The number of hydrogen-bond donors (Lipinski definition) is 2. The van der Waals surface area contributed by atoms with Crippen LogP contribution in [0.5, 0.6) is 0 Å². The molecule has 0 aliphatic rings. The Balaban J connectivity index is 2.37. The van der Waals surface area contributed by atoms with Crippen LogP contribution in [0.2, 0.25) is 0 Å². The molecule has 1 aromatic rings. The lowest BCUT2D eigenvalue weighted by Crippen LogP contribution is -2.24. The third-order valence-electron chi connectivity index (χ3n) is 1.98. The van der Waals surface area contributed by atoms with Crippen LogP contribution in [0.3, 0.4) is 0 Å². The van der Waals surface area contributed by atoms with Crippen molar-refractivity contribution in [3.63, 3.8) is 0 Å². The van der Waals surface area contributed by atoms with Crippen LogP contribution >= 0.6 is 11.8 Å². The Kier molecular flexibility index (Phi) is 5.04. The fraction of sp³-hybridized carbons (Fsp3) is 0.364. The minimum atomic E-state index is -0.0314. The van der Waals surface area contributed by atoms with Crippen molar-refractivity contribution in [3.8, 4) is 0 Å². The maximum atomic E-state index is 11.6. The van der Waals surface area contributed by atoms with Crippen molar-refractivity contribution in [1.82, 2.24) is 5.32 Å². The van der Waals surface area contributed by atoms with Crippen LogP contribution in [0, 0.1) is 0 Å². The van der Waals surface area contributed by atoms with E-state index >= 15 is 0 Å². The van der Waals surface area contributed by atoms with Crippen LogP contribution in [-0.2, 0) is 0 Å². The summed E-state index contributed by atoms with van der Waals surface area (Å²) in [5.41, 5.74) is 6.87. The standard InChI is InChI=1S/C11H16N2OS/c1-15-8-2-7-13-11(14)9-3-5-10(12)6-4-9/h3-6H,2,7-8,12H2,1H3,(H,13,14). The molecule has 0 spiro atoms. The molecular formula is C11H16N2OS. The summed E-state index contributed by atoms with van der Waals surface area (Å²) in [7, 11) is 0. The zero-order valence-corrected chi connectivity index (χ0v) is 9.64. The highest BCUT2D eigenvalue weighted by Crippen LogP contribution is 2.05. The van der Waals surface area contributed by atoms with E-state index in [4.69, 9.17) is 5.73 Å². The number of rotatable bonds is 5. The van der Waals surface area contributed by atoms with Crippen LogP contribution in [0.15, 0.2) is 24.3 Å². The molecule has 0 aromatic heterocycles. The summed E-state index contributed by atoms with van der Waals surface area (Å²) in [6.45, 7) is 0.726. The molecule has 0 heterocycles. The number of nitrogens with two attached hydrogens (primary N) is 1. The van der Waals surface area contributed by atoms with E-state index in [-0.39, 0.29) is 5.91 Å². The van der Waals surface area contributed by atoms with E-state index in [1.165, 1.54) is 0 Å². The first kappa shape index (κ1) is 11.9. The van der Waals surface area contributed by atoms with Gasteiger partial charge in [-0.1, -0.05) is 0 Å². The van der Waals surface area contributed by atoms with Gasteiger partial charge in [-0.25, -0.2) is 0 Å². The summed E-state index contributed by atoms with van der Waals surface area (Å²) in [6.07, 6.45) is 3.06. The molecule has 0 unspecified atom stereocenters. The van der Waals surface area contributed by atoms with Gasteiger partial charge in [-0.3, -0.25) is 4.79 Å². The van der Waals surface area contributed by atoms with E-state index in [1.807, 2.05) is 0 Å². The maximum Gasteiger partial charge on any atom is 0.251 e. The molecule has 4 heteroatoms. The number of benzene rings is 1. The second kappa shape index (κ2) is 6.35. The van der Waals surface area contributed by atoms with Crippen LogP contribution in [0.4, 0.5) is 5.69 Å². The van der Waals surface area contributed by atoms with Crippen molar-refractivity contribution in [2.24, 2.45) is 0 Å². The molecule has 0 aliphatic carbocycles. The minimum Gasteiger partial charge on any atom is -0.399 e. The third kappa shape index (κ3) is 4.25. The van der Waals surface area contributed by atoms with Gasteiger partial charge in [-0.15, -0.1) is 0 Å². The molecule has 82 valence electrons. The maximum absolute atomic E-state index is 11.6. The van der Waals surface area contributed by atoms with Gasteiger partial charge < -0.3 is 11.1 Å². The third-order valence-corrected chi connectivity index (χ3v) is 2.68. The number of carbonyl (C=O) groups is 1. The van der Waals surface area contributed by atoms with Gasteiger partial charge in [0.05, 0.1) is 0 Å². The van der Waals surface area contributed by atoms with E-state index in [1.54, 1.807) is 36.0 Å². The second-order valence-corrected chi connectivity index (χ2v) is 4.21. The monoisotopic (exact) mass is 224 g/mol. The van der Waals surface area contributed by atoms with Crippen LogP contribution in [0.1, 0.15) is 16.8 Å². The molecule has 1 aromatic carbocycles. The number of thioether (sulfide) groups is 1. The highest BCUT2D eigenvalue weighted by Gasteiger charge is 2.03. The Labute approximate surface area is 94.4 Å². The van der Waals surface area contributed by atoms with Crippen LogP contribution < -0.4 is 11.1 Å². The average Bonchev–Trinajstić information content (AvgIpc) is 2.25. The largest absolute Gasteiger partial charge is 0.399 e. The molecule has 0 fully saturated rings. The molecular weight excluding hydrogens is 208 g/mol. The lowest BCUT2D eigenvalue weighted by molar-refractivity contribution is 0.0954. The lowest BCUT2D eigenvalue weighted by Gasteiger charge is -2.04. The quantitative estimate of drug-likeness (QED) is 0.592. The van der Waals surface area contributed by atoms with Gasteiger partial charge in [0.25, 0.3) is 5.91 Å². The molecule has 1 rings (SSSR count). The van der Waals surface area contributed by atoms with E-state index < -0.39 is 0 Å². The van der Waals surface area contributed by atoms with Gasteiger partial charge in [0.2, 0.25) is 0 Å². The number of carbonyl (C=O) groups excluding carboxylic acids is 1. The first-order valence-corrected chi connectivity index (χ1v) is 6.26. The summed E-state index contributed by atoms with van der Waals surface area (Å²) in [5, 5.41) is 2.86. The number of nitrogens with one attached hydrogen (secondary N) is 1. The predicted molar refractivity (Wildman–Crippen MR) is 66.2 cm³/mol. The minimum absolute atomic E-state index is 0.0314. The Hall–Kier alpha value is -1.16. The second-order valence-electron chi connectivity index (χ2n) is 3.22. The fourth-order valence-corrected chi connectivity index (χ4v) is 1.59. The summed E-state index contributed by atoms with van der Waals surface area (Å²) in [6, 6.07) is 6.94. The Morgan fingerprint density at radius 1 is 1.40 bits per heavy atom. The molecule has 3 N–H and O–H groups in total. The smallest absolute Gasteiger partial charge is 0.251 e. The van der Waals surface area contributed by atoms with Gasteiger partial charge >= 0.3 is 0 Å². The van der Waals surface area contributed by atoms with Gasteiger partial charge in [-0.2, -0.15) is 11.8 Å². The van der Waals surface area contributed by atoms with E-state index in [0.717, 1.165) is 18.7 Å². The van der Waals surface area contributed by atoms with Crippen molar-refractivity contribution >= 4 is 23.4 Å². The van der Waals surface area contributed by atoms with Crippen molar-refractivity contribution in [3.05, 3.63) is 29.8 Å². The van der Waals surface area contributed by atoms with Crippen molar-refractivity contribution in [2.45, 2.75) is 6.42 Å². The van der Waals surface area contributed by atoms with Crippen molar-refractivity contribution < 1.29 is 4.79 Å². The van der Waals surface area contributed by atoms with Gasteiger partial charge in [0, 0.05) is 17.8 Å². The predicted octanol–water partition coefficient (Wildman–Crippen LogP) is 1.75. The van der Waals surface area contributed by atoms with Crippen LogP contribution in [0.25, 0.3) is 0 Å². The molecule has 0 bridgehead atoms. The summed E-state index contributed by atoms with van der Waals surface area (Å²) < 4.78 is 0. The number of amides is 1. The Bertz CT molecular complexity index is 311. The molecule has 0 saturated heterocycles. The van der Waals surface area contributed by atoms with Crippen molar-refractivity contribution in [2.75, 3.05) is 24.3 Å². The fourth-order valence-electron chi connectivity index (χ4n) is 1.15. The van der Waals surface area contributed by atoms with Gasteiger partial charge in [0.15, 0.2) is 0 Å². The van der Waals surface area contributed by atoms with Crippen molar-refractivity contribution in [1.29, 1.82) is 0 Å². The van der Waals surface area contributed by atoms with E-state index in [2.05, 4.69) is 11.6 Å².